The van der Waals surface area contributed by atoms with Crippen molar-refractivity contribution >= 4 is 21.6 Å². The van der Waals surface area contributed by atoms with Gasteiger partial charge in [-0.1, -0.05) is 28.1 Å². The SMILES string of the molecule is Cc1ccncc1NC(C)c1ccc(Br)cc1. The van der Waals surface area contributed by atoms with Crippen LogP contribution in [0.4, 0.5) is 5.69 Å². The van der Waals surface area contributed by atoms with Gasteiger partial charge in [0.1, 0.15) is 0 Å². The number of rotatable bonds is 3. The van der Waals surface area contributed by atoms with Crippen molar-refractivity contribution in [3.63, 3.8) is 0 Å². The molecule has 1 unspecified atom stereocenters. The van der Waals surface area contributed by atoms with E-state index < -0.39 is 0 Å². The average Bonchev–Trinajstić information content (AvgIpc) is 2.33. The molecule has 2 aromatic rings. The highest BCUT2D eigenvalue weighted by Gasteiger charge is 2.06. The number of aryl methyl sites for hydroxylation is 1. The van der Waals surface area contributed by atoms with Crippen LogP contribution in [0.5, 0.6) is 0 Å². The maximum atomic E-state index is 4.14. The summed E-state index contributed by atoms with van der Waals surface area (Å²) in [6.45, 7) is 4.23. The molecule has 0 amide bonds. The summed E-state index contributed by atoms with van der Waals surface area (Å²) in [6, 6.07) is 10.6. The van der Waals surface area contributed by atoms with Gasteiger partial charge < -0.3 is 5.32 Å². The van der Waals surface area contributed by atoms with Gasteiger partial charge in [0.15, 0.2) is 0 Å². The monoisotopic (exact) mass is 290 g/mol. The molecule has 88 valence electrons. The molecular weight excluding hydrogens is 276 g/mol. The highest BCUT2D eigenvalue weighted by Crippen LogP contribution is 2.22. The van der Waals surface area contributed by atoms with E-state index in [1.165, 1.54) is 11.1 Å². The van der Waals surface area contributed by atoms with Crippen molar-refractivity contribution in [1.82, 2.24) is 4.98 Å². The number of nitrogens with zero attached hydrogens (tertiary/aromatic N) is 1. The lowest BCUT2D eigenvalue weighted by Crippen LogP contribution is -2.07. The lowest BCUT2D eigenvalue weighted by atomic mass is 10.1. The van der Waals surface area contributed by atoms with Gasteiger partial charge in [-0.3, -0.25) is 4.98 Å². The van der Waals surface area contributed by atoms with E-state index in [1.807, 2.05) is 18.5 Å². The fourth-order valence-corrected chi connectivity index (χ4v) is 1.95. The van der Waals surface area contributed by atoms with Crippen LogP contribution in [0.25, 0.3) is 0 Å². The number of anilines is 1. The van der Waals surface area contributed by atoms with Crippen molar-refractivity contribution in [2.75, 3.05) is 5.32 Å². The normalized spacial score (nSPS) is 12.2. The van der Waals surface area contributed by atoms with Gasteiger partial charge in [0.25, 0.3) is 0 Å². The Hall–Kier alpha value is -1.35. The van der Waals surface area contributed by atoms with E-state index in [9.17, 15) is 0 Å². The van der Waals surface area contributed by atoms with Crippen molar-refractivity contribution in [3.05, 3.63) is 58.3 Å². The molecule has 0 saturated heterocycles. The van der Waals surface area contributed by atoms with E-state index in [4.69, 9.17) is 0 Å². The summed E-state index contributed by atoms with van der Waals surface area (Å²) in [5.41, 5.74) is 3.56. The van der Waals surface area contributed by atoms with Crippen molar-refractivity contribution in [1.29, 1.82) is 0 Å². The molecule has 1 aromatic heterocycles. The zero-order valence-electron chi connectivity index (χ0n) is 9.94. The number of benzene rings is 1. The molecule has 1 N–H and O–H groups in total. The predicted molar refractivity (Wildman–Crippen MR) is 75.2 cm³/mol. The van der Waals surface area contributed by atoms with E-state index in [1.54, 1.807) is 0 Å². The van der Waals surface area contributed by atoms with Crippen LogP contribution < -0.4 is 5.32 Å². The Morgan fingerprint density at radius 3 is 2.53 bits per heavy atom. The Morgan fingerprint density at radius 2 is 1.88 bits per heavy atom. The Balaban J connectivity index is 2.14. The van der Waals surface area contributed by atoms with E-state index in [0.717, 1.165) is 10.2 Å². The summed E-state index contributed by atoms with van der Waals surface area (Å²) in [7, 11) is 0. The van der Waals surface area contributed by atoms with Crippen molar-refractivity contribution < 1.29 is 0 Å². The molecule has 2 rings (SSSR count). The fourth-order valence-electron chi connectivity index (χ4n) is 1.68. The number of halogens is 1. The molecule has 0 aliphatic rings. The van der Waals surface area contributed by atoms with E-state index >= 15 is 0 Å². The van der Waals surface area contributed by atoms with E-state index in [0.29, 0.717) is 0 Å². The van der Waals surface area contributed by atoms with Crippen molar-refractivity contribution in [3.8, 4) is 0 Å². The third-order valence-electron chi connectivity index (χ3n) is 2.78. The summed E-state index contributed by atoms with van der Waals surface area (Å²) >= 11 is 3.44. The number of pyridine rings is 1. The highest BCUT2D eigenvalue weighted by molar-refractivity contribution is 9.10. The summed E-state index contributed by atoms with van der Waals surface area (Å²) in [4.78, 5) is 4.14. The zero-order valence-corrected chi connectivity index (χ0v) is 11.5. The predicted octanol–water partition coefficient (Wildman–Crippen LogP) is 4.33. The Bertz CT molecular complexity index is 494. The van der Waals surface area contributed by atoms with Gasteiger partial charge in [-0.15, -0.1) is 0 Å². The third kappa shape index (κ3) is 3.07. The van der Waals surface area contributed by atoms with Crippen LogP contribution in [-0.2, 0) is 0 Å². The van der Waals surface area contributed by atoms with Crippen LogP contribution in [0.15, 0.2) is 47.2 Å². The van der Waals surface area contributed by atoms with E-state index in [-0.39, 0.29) is 6.04 Å². The lowest BCUT2D eigenvalue weighted by Gasteiger charge is -2.17. The summed E-state index contributed by atoms with van der Waals surface area (Å²) in [5, 5.41) is 3.47. The van der Waals surface area contributed by atoms with Gasteiger partial charge >= 0.3 is 0 Å². The van der Waals surface area contributed by atoms with Gasteiger partial charge in [0.05, 0.1) is 11.9 Å². The first kappa shape index (κ1) is 12.1. The lowest BCUT2D eigenvalue weighted by molar-refractivity contribution is 0.880. The summed E-state index contributed by atoms with van der Waals surface area (Å²) in [6.07, 6.45) is 3.68. The highest BCUT2D eigenvalue weighted by atomic mass is 79.9. The fraction of sp³-hybridized carbons (Fsp3) is 0.214. The Labute approximate surface area is 110 Å². The topological polar surface area (TPSA) is 24.9 Å². The minimum atomic E-state index is 0.269. The quantitative estimate of drug-likeness (QED) is 0.910. The van der Waals surface area contributed by atoms with Gasteiger partial charge in [0.2, 0.25) is 0 Å². The standard InChI is InChI=1S/C14H15BrN2/c1-10-7-8-16-9-14(10)17-11(2)12-3-5-13(15)6-4-12/h3-9,11,17H,1-2H3. The largest absolute Gasteiger partial charge is 0.377 e. The molecule has 1 atom stereocenters. The second-order valence-corrected chi connectivity index (χ2v) is 5.02. The van der Waals surface area contributed by atoms with Crippen LogP contribution in [0.1, 0.15) is 24.1 Å². The Morgan fingerprint density at radius 1 is 1.18 bits per heavy atom. The van der Waals surface area contributed by atoms with Crippen LogP contribution in [0.3, 0.4) is 0 Å². The molecule has 0 saturated carbocycles. The molecule has 0 radical (unpaired) electrons. The van der Waals surface area contributed by atoms with Crippen LogP contribution in [0.2, 0.25) is 0 Å². The molecule has 0 aliphatic carbocycles. The first-order valence-electron chi connectivity index (χ1n) is 5.59. The number of aromatic nitrogens is 1. The number of hydrogen-bond donors (Lipinski definition) is 1. The second-order valence-electron chi connectivity index (χ2n) is 4.11. The maximum absolute atomic E-state index is 4.14. The van der Waals surface area contributed by atoms with Crippen molar-refractivity contribution in [2.45, 2.75) is 19.9 Å². The molecule has 0 spiro atoms. The molecule has 1 aromatic carbocycles. The zero-order chi connectivity index (χ0) is 12.3. The molecular formula is C14H15BrN2. The van der Waals surface area contributed by atoms with Crippen LogP contribution in [0, 0.1) is 6.92 Å². The first-order valence-corrected chi connectivity index (χ1v) is 6.39. The van der Waals surface area contributed by atoms with E-state index in [2.05, 4.69) is 64.3 Å². The molecule has 1 heterocycles. The molecule has 0 bridgehead atoms. The average molecular weight is 291 g/mol. The Kier molecular flexibility index (Phi) is 3.79. The number of nitrogens with one attached hydrogen (secondary N) is 1. The molecule has 17 heavy (non-hydrogen) atoms. The smallest absolute Gasteiger partial charge is 0.0561 e. The van der Waals surface area contributed by atoms with Gasteiger partial charge in [-0.2, -0.15) is 0 Å². The molecule has 2 nitrogen and oxygen atoms in total. The summed E-state index contributed by atoms with van der Waals surface area (Å²) < 4.78 is 1.10. The minimum absolute atomic E-state index is 0.269. The minimum Gasteiger partial charge on any atom is -0.377 e. The van der Waals surface area contributed by atoms with Gasteiger partial charge in [-0.25, -0.2) is 0 Å². The van der Waals surface area contributed by atoms with Crippen molar-refractivity contribution in [2.24, 2.45) is 0 Å². The van der Waals surface area contributed by atoms with Gasteiger partial charge in [-0.05, 0) is 43.2 Å². The maximum Gasteiger partial charge on any atom is 0.0561 e. The molecule has 0 aliphatic heterocycles. The molecule has 3 heteroatoms. The van der Waals surface area contributed by atoms with Gasteiger partial charge in [0, 0.05) is 16.7 Å². The first-order chi connectivity index (χ1) is 8.16. The van der Waals surface area contributed by atoms with Crippen LogP contribution in [-0.4, -0.2) is 4.98 Å². The van der Waals surface area contributed by atoms with Crippen LogP contribution >= 0.6 is 15.9 Å². The molecule has 0 fully saturated rings. The third-order valence-corrected chi connectivity index (χ3v) is 3.31. The second kappa shape index (κ2) is 5.32. The summed E-state index contributed by atoms with van der Waals surface area (Å²) in [5.74, 6) is 0. The number of hydrogen-bond acceptors (Lipinski definition) is 2.